The molecule has 2 rings (SSSR count). The molecule has 2 fully saturated rings. The summed E-state index contributed by atoms with van der Waals surface area (Å²) in [5, 5.41) is 3.29. The van der Waals surface area contributed by atoms with Crippen molar-refractivity contribution in [3.8, 4) is 0 Å². The van der Waals surface area contributed by atoms with Crippen molar-refractivity contribution in [1.82, 2.24) is 10.2 Å². The number of nitrogens with one attached hydrogen (secondary N) is 1. The van der Waals surface area contributed by atoms with Gasteiger partial charge in [-0.15, -0.1) is 0 Å². The van der Waals surface area contributed by atoms with E-state index in [1.165, 1.54) is 12.8 Å². The second-order valence-electron chi connectivity index (χ2n) is 4.86. The van der Waals surface area contributed by atoms with Gasteiger partial charge in [0.2, 0.25) is 5.91 Å². The van der Waals surface area contributed by atoms with Crippen LogP contribution < -0.4 is 5.32 Å². The van der Waals surface area contributed by atoms with Crippen molar-refractivity contribution < 1.29 is 4.79 Å². The maximum atomic E-state index is 12.2. The predicted octanol–water partition coefficient (Wildman–Crippen LogP) is 1.39. The Morgan fingerprint density at radius 3 is 2.80 bits per heavy atom. The van der Waals surface area contributed by atoms with Crippen molar-refractivity contribution in [2.24, 2.45) is 5.92 Å². The molecule has 2 atom stereocenters. The van der Waals surface area contributed by atoms with Crippen LogP contribution in [-0.2, 0) is 4.79 Å². The van der Waals surface area contributed by atoms with Crippen molar-refractivity contribution in [3.63, 3.8) is 0 Å². The summed E-state index contributed by atoms with van der Waals surface area (Å²) in [5.41, 5.74) is 0. The number of amides is 1. The van der Waals surface area contributed by atoms with Gasteiger partial charge in [0.25, 0.3) is 0 Å². The summed E-state index contributed by atoms with van der Waals surface area (Å²) < 4.78 is 0. The van der Waals surface area contributed by atoms with E-state index in [0.717, 1.165) is 31.8 Å². The summed E-state index contributed by atoms with van der Waals surface area (Å²) >= 11 is 0. The molecular weight excluding hydrogens is 188 g/mol. The third kappa shape index (κ3) is 2.33. The Kier molecular flexibility index (Phi) is 3.29. The van der Waals surface area contributed by atoms with Gasteiger partial charge in [-0.3, -0.25) is 4.79 Å². The molecule has 2 aliphatic rings. The zero-order chi connectivity index (χ0) is 10.8. The van der Waals surface area contributed by atoms with Crippen LogP contribution in [0, 0.1) is 5.92 Å². The van der Waals surface area contributed by atoms with Gasteiger partial charge < -0.3 is 10.2 Å². The number of hydrogen-bond acceptors (Lipinski definition) is 2. The average molecular weight is 210 g/mol. The van der Waals surface area contributed by atoms with Gasteiger partial charge in [-0.2, -0.15) is 0 Å². The number of piperidine rings is 1. The summed E-state index contributed by atoms with van der Waals surface area (Å²) in [4.78, 5) is 14.3. The highest BCUT2D eigenvalue weighted by atomic mass is 16.2. The average Bonchev–Trinajstić information content (AvgIpc) is 3.04. The highest BCUT2D eigenvalue weighted by Gasteiger charge is 2.37. The molecule has 1 amide bonds. The van der Waals surface area contributed by atoms with Crippen molar-refractivity contribution in [2.75, 3.05) is 13.1 Å². The fraction of sp³-hybridized carbons (Fsp3) is 0.917. The predicted molar refractivity (Wildman–Crippen MR) is 60.6 cm³/mol. The Bertz CT molecular complexity index is 236. The van der Waals surface area contributed by atoms with E-state index in [-0.39, 0.29) is 6.04 Å². The maximum Gasteiger partial charge on any atom is 0.239 e. The Hall–Kier alpha value is -0.570. The lowest BCUT2D eigenvalue weighted by Crippen LogP contribution is -2.54. The van der Waals surface area contributed by atoms with Crippen LogP contribution in [0.5, 0.6) is 0 Å². The molecule has 1 saturated heterocycles. The lowest BCUT2D eigenvalue weighted by Gasteiger charge is -2.37. The Balaban J connectivity index is 1.95. The summed E-state index contributed by atoms with van der Waals surface area (Å²) in [5.74, 6) is 1.12. The van der Waals surface area contributed by atoms with E-state index in [1.54, 1.807) is 0 Å². The van der Waals surface area contributed by atoms with Crippen LogP contribution in [0.15, 0.2) is 0 Å². The second-order valence-corrected chi connectivity index (χ2v) is 4.86. The molecule has 1 N–H and O–H groups in total. The Morgan fingerprint density at radius 2 is 2.20 bits per heavy atom. The fourth-order valence-corrected chi connectivity index (χ4v) is 2.57. The standard InChI is InChI=1S/C12H22N2O/c1-3-13-11-5-4-8-14(12(11)15)9(2)10-6-7-10/h9-11,13H,3-8H2,1-2H3. The molecule has 0 aromatic carbocycles. The van der Waals surface area contributed by atoms with Gasteiger partial charge in [0.15, 0.2) is 0 Å². The van der Waals surface area contributed by atoms with Gasteiger partial charge in [0.1, 0.15) is 0 Å². The number of nitrogens with zero attached hydrogens (tertiary/aromatic N) is 1. The van der Waals surface area contributed by atoms with E-state index in [4.69, 9.17) is 0 Å². The SMILES string of the molecule is CCNC1CCCN(C(C)C2CC2)C1=O. The van der Waals surface area contributed by atoms with Gasteiger partial charge in [-0.05, 0) is 45.1 Å². The van der Waals surface area contributed by atoms with Crippen LogP contribution in [0.1, 0.15) is 39.5 Å². The van der Waals surface area contributed by atoms with Gasteiger partial charge >= 0.3 is 0 Å². The number of carbonyl (C=O) groups is 1. The molecule has 1 aliphatic heterocycles. The number of likely N-dealkylation sites (N-methyl/N-ethyl adjacent to an activating group) is 1. The Morgan fingerprint density at radius 1 is 1.47 bits per heavy atom. The highest BCUT2D eigenvalue weighted by molar-refractivity contribution is 5.83. The lowest BCUT2D eigenvalue weighted by atomic mass is 10.0. The monoisotopic (exact) mass is 210 g/mol. The summed E-state index contributed by atoms with van der Waals surface area (Å²) in [7, 11) is 0. The fourth-order valence-electron chi connectivity index (χ4n) is 2.57. The van der Waals surface area contributed by atoms with Crippen LogP contribution in [0.2, 0.25) is 0 Å². The van der Waals surface area contributed by atoms with Gasteiger partial charge in [-0.25, -0.2) is 0 Å². The molecule has 3 heteroatoms. The highest BCUT2D eigenvalue weighted by Crippen LogP contribution is 2.36. The molecule has 1 saturated carbocycles. The van der Waals surface area contributed by atoms with Gasteiger partial charge in [0, 0.05) is 12.6 Å². The first-order valence-corrected chi connectivity index (χ1v) is 6.28. The second kappa shape index (κ2) is 4.52. The zero-order valence-electron chi connectivity index (χ0n) is 9.83. The number of rotatable bonds is 4. The molecule has 0 aromatic rings. The topological polar surface area (TPSA) is 32.3 Å². The maximum absolute atomic E-state index is 12.2. The van der Waals surface area contributed by atoms with Gasteiger partial charge in [0.05, 0.1) is 6.04 Å². The van der Waals surface area contributed by atoms with Crippen molar-refractivity contribution in [2.45, 2.75) is 51.6 Å². The first-order chi connectivity index (χ1) is 7.24. The molecule has 0 radical (unpaired) electrons. The van der Waals surface area contributed by atoms with E-state index in [9.17, 15) is 4.79 Å². The van der Waals surface area contributed by atoms with Crippen LogP contribution >= 0.6 is 0 Å². The molecule has 0 bridgehead atoms. The zero-order valence-corrected chi connectivity index (χ0v) is 9.83. The molecule has 1 aliphatic carbocycles. The van der Waals surface area contributed by atoms with Crippen molar-refractivity contribution in [1.29, 1.82) is 0 Å². The van der Waals surface area contributed by atoms with Crippen molar-refractivity contribution >= 4 is 5.91 Å². The van der Waals surface area contributed by atoms with Crippen LogP contribution in [0.25, 0.3) is 0 Å². The normalized spacial score (nSPS) is 29.3. The van der Waals surface area contributed by atoms with Crippen LogP contribution in [0.3, 0.4) is 0 Å². The first-order valence-electron chi connectivity index (χ1n) is 6.28. The number of carbonyl (C=O) groups excluding carboxylic acids is 1. The molecule has 2 unspecified atom stereocenters. The molecule has 1 heterocycles. The molecule has 3 nitrogen and oxygen atoms in total. The molecule has 0 spiro atoms. The lowest BCUT2D eigenvalue weighted by molar-refractivity contribution is -0.138. The third-order valence-electron chi connectivity index (χ3n) is 3.72. The number of likely N-dealkylation sites (tertiary alicyclic amines) is 1. The van der Waals surface area contributed by atoms with E-state index < -0.39 is 0 Å². The minimum atomic E-state index is 0.0879. The van der Waals surface area contributed by atoms with Gasteiger partial charge in [-0.1, -0.05) is 6.92 Å². The summed E-state index contributed by atoms with van der Waals surface area (Å²) in [6.45, 7) is 6.14. The van der Waals surface area contributed by atoms with E-state index in [1.807, 2.05) is 0 Å². The third-order valence-corrected chi connectivity index (χ3v) is 3.72. The minimum absolute atomic E-state index is 0.0879. The molecule has 86 valence electrons. The quantitative estimate of drug-likeness (QED) is 0.760. The van der Waals surface area contributed by atoms with Crippen LogP contribution in [-0.4, -0.2) is 36.0 Å². The smallest absolute Gasteiger partial charge is 0.239 e. The van der Waals surface area contributed by atoms with E-state index >= 15 is 0 Å². The molecule has 0 aromatic heterocycles. The Labute approximate surface area is 92.2 Å². The largest absolute Gasteiger partial charge is 0.338 e. The summed E-state index contributed by atoms with van der Waals surface area (Å²) in [6, 6.07) is 0.559. The summed E-state index contributed by atoms with van der Waals surface area (Å²) in [6.07, 6.45) is 4.80. The van der Waals surface area contributed by atoms with E-state index in [2.05, 4.69) is 24.1 Å². The van der Waals surface area contributed by atoms with Crippen LogP contribution in [0.4, 0.5) is 0 Å². The minimum Gasteiger partial charge on any atom is -0.338 e. The van der Waals surface area contributed by atoms with E-state index in [0.29, 0.717) is 11.9 Å². The number of hydrogen-bond donors (Lipinski definition) is 1. The van der Waals surface area contributed by atoms with Crippen molar-refractivity contribution in [3.05, 3.63) is 0 Å². The molecule has 15 heavy (non-hydrogen) atoms. The molecular formula is C12H22N2O. The first kappa shape index (κ1) is 10.9.